The van der Waals surface area contributed by atoms with Crippen molar-refractivity contribution in [3.63, 3.8) is 0 Å². The lowest BCUT2D eigenvalue weighted by Crippen LogP contribution is -2.19. The molecule has 3 aromatic rings. The zero-order valence-corrected chi connectivity index (χ0v) is 16.4. The van der Waals surface area contributed by atoms with Crippen LogP contribution in [0.2, 0.25) is 4.34 Å². The fourth-order valence-electron chi connectivity index (χ4n) is 2.36. The number of aromatic nitrogens is 1. The van der Waals surface area contributed by atoms with E-state index in [4.69, 9.17) is 21.1 Å². The standard InChI is InChI=1S/C17H15ClN2O4S2/c1-23-10-3-4-11-13(9-10)26-17(20(11)8-7-15(21)24-2)19-16(22)12-5-6-14(18)25-12/h3-6,9H,7-8H2,1-2H3. The van der Waals surface area contributed by atoms with Crippen LogP contribution in [0, 0.1) is 0 Å². The number of aryl methyl sites for hydroxylation is 1. The molecule has 0 aliphatic carbocycles. The Morgan fingerprint density at radius 3 is 2.65 bits per heavy atom. The molecule has 6 nitrogen and oxygen atoms in total. The molecule has 3 rings (SSSR count). The maximum Gasteiger partial charge on any atom is 0.307 e. The highest BCUT2D eigenvalue weighted by molar-refractivity contribution is 7.18. The number of hydrogen-bond acceptors (Lipinski definition) is 6. The summed E-state index contributed by atoms with van der Waals surface area (Å²) in [6, 6.07) is 8.89. The number of amides is 1. The molecule has 0 radical (unpaired) electrons. The number of carbonyl (C=O) groups excluding carboxylic acids is 2. The Bertz CT molecular complexity index is 1030. The number of hydrogen-bond donors (Lipinski definition) is 0. The van der Waals surface area contributed by atoms with Gasteiger partial charge in [-0.2, -0.15) is 4.99 Å². The van der Waals surface area contributed by atoms with Crippen molar-refractivity contribution in [2.45, 2.75) is 13.0 Å². The number of ether oxygens (including phenoxy) is 2. The van der Waals surface area contributed by atoms with E-state index in [0.29, 0.717) is 26.3 Å². The topological polar surface area (TPSA) is 69.9 Å². The van der Waals surface area contributed by atoms with Crippen molar-refractivity contribution in [3.8, 4) is 5.75 Å². The highest BCUT2D eigenvalue weighted by Gasteiger charge is 2.13. The Morgan fingerprint density at radius 1 is 1.19 bits per heavy atom. The zero-order valence-electron chi connectivity index (χ0n) is 14.0. The zero-order chi connectivity index (χ0) is 18.7. The van der Waals surface area contributed by atoms with E-state index >= 15 is 0 Å². The Balaban J connectivity index is 2.07. The maximum atomic E-state index is 12.4. The number of carbonyl (C=O) groups is 2. The van der Waals surface area contributed by atoms with E-state index in [-0.39, 0.29) is 18.3 Å². The third-order valence-corrected chi connectivity index (χ3v) is 5.90. The third kappa shape index (κ3) is 3.98. The van der Waals surface area contributed by atoms with Crippen molar-refractivity contribution in [3.05, 3.63) is 44.3 Å². The SMILES string of the molecule is COC(=O)CCn1c(=NC(=O)c2ccc(Cl)s2)sc2cc(OC)ccc21. The minimum atomic E-state index is -0.368. The lowest BCUT2D eigenvalue weighted by atomic mass is 10.3. The maximum absolute atomic E-state index is 12.4. The predicted octanol–water partition coefficient (Wildman–Crippen LogP) is 3.73. The first kappa shape index (κ1) is 18.6. The molecule has 136 valence electrons. The monoisotopic (exact) mass is 410 g/mol. The van der Waals surface area contributed by atoms with Crippen LogP contribution in [0.4, 0.5) is 0 Å². The Hall–Kier alpha value is -2.16. The van der Waals surface area contributed by atoms with Gasteiger partial charge in [-0.25, -0.2) is 0 Å². The quantitative estimate of drug-likeness (QED) is 0.601. The molecule has 0 atom stereocenters. The van der Waals surface area contributed by atoms with E-state index in [1.54, 1.807) is 19.2 Å². The van der Waals surface area contributed by atoms with E-state index < -0.39 is 0 Å². The van der Waals surface area contributed by atoms with Crippen LogP contribution >= 0.6 is 34.3 Å². The molecule has 1 amide bonds. The highest BCUT2D eigenvalue weighted by atomic mass is 35.5. The van der Waals surface area contributed by atoms with Crippen LogP contribution in [-0.2, 0) is 16.1 Å². The van der Waals surface area contributed by atoms with E-state index in [0.717, 1.165) is 10.2 Å². The molecule has 0 unspecified atom stereocenters. The fourth-order valence-corrected chi connectivity index (χ4v) is 4.37. The molecule has 0 aliphatic heterocycles. The molecule has 26 heavy (non-hydrogen) atoms. The molecule has 1 aromatic carbocycles. The van der Waals surface area contributed by atoms with Gasteiger partial charge in [0.25, 0.3) is 5.91 Å². The smallest absolute Gasteiger partial charge is 0.307 e. The van der Waals surface area contributed by atoms with Crippen molar-refractivity contribution >= 4 is 56.4 Å². The summed E-state index contributed by atoms with van der Waals surface area (Å²) in [5.41, 5.74) is 0.871. The van der Waals surface area contributed by atoms with Crippen LogP contribution in [0.3, 0.4) is 0 Å². The van der Waals surface area contributed by atoms with Crippen LogP contribution in [0.1, 0.15) is 16.1 Å². The second kappa shape index (κ2) is 8.03. The molecule has 0 saturated carbocycles. The summed E-state index contributed by atoms with van der Waals surface area (Å²) < 4.78 is 13.2. The number of esters is 1. The summed E-state index contributed by atoms with van der Waals surface area (Å²) in [7, 11) is 2.94. The Labute approximate surface area is 162 Å². The molecule has 0 N–H and O–H groups in total. The molecular weight excluding hydrogens is 396 g/mol. The van der Waals surface area contributed by atoms with Crippen LogP contribution in [0.25, 0.3) is 10.2 Å². The van der Waals surface area contributed by atoms with Crippen molar-refractivity contribution in [1.29, 1.82) is 0 Å². The molecule has 0 bridgehead atoms. The van der Waals surface area contributed by atoms with Crippen molar-refractivity contribution in [1.82, 2.24) is 4.57 Å². The van der Waals surface area contributed by atoms with Gasteiger partial charge in [0, 0.05) is 6.54 Å². The third-order valence-electron chi connectivity index (χ3n) is 3.64. The van der Waals surface area contributed by atoms with Gasteiger partial charge in [-0.05, 0) is 30.3 Å². The van der Waals surface area contributed by atoms with E-state index in [9.17, 15) is 9.59 Å². The average molecular weight is 411 g/mol. The predicted molar refractivity (Wildman–Crippen MR) is 102 cm³/mol. The number of thiophene rings is 1. The van der Waals surface area contributed by atoms with E-state index in [1.807, 2.05) is 22.8 Å². The van der Waals surface area contributed by atoms with Gasteiger partial charge in [-0.3, -0.25) is 9.59 Å². The first-order valence-electron chi connectivity index (χ1n) is 7.60. The molecule has 0 spiro atoms. The molecule has 0 fully saturated rings. The van der Waals surface area contributed by atoms with Gasteiger partial charge in [0.2, 0.25) is 0 Å². The summed E-state index contributed by atoms with van der Waals surface area (Å²) in [6.45, 7) is 0.357. The summed E-state index contributed by atoms with van der Waals surface area (Å²) in [6.07, 6.45) is 0.181. The van der Waals surface area contributed by atoms with Crippen molar-refractivity contribution < 1.29 is 19.1 Å². The Kier molecular flexibility index (Phi) is 5.75. The summed E-state index contributed by atoms with van der Waals surface area (Å²) in [5, 5.41) is 0. The average Bonchev–Trinajstić information content (AvgIpc) is 3.22. The van der Waals surface area contributed by atoms with Crippen LogP contribution < -0.4 is 9.54 Å². The second-order valence-electron chi connectivity index (χ2n) is 5.22. The number of thiazole rings is 1. The van der Waals surface area contributed by atoms with Gasteiger partial charge < -0.3 is 14.0 Å². The molecule has 0 aliphatic rings. The van der Waals surface area contributed by atoms with Gasteiger partial charge in [-0.15, -0.1) is 11.3 Å². The van der Waals surface area contributed by atoms with Gasteiger partial charge in [0.15, 0.2) is 4.80 Å². The Morgan fingerprint density at radius 2 is 2.00 bits per heavy atom. The van der Waals surface area contributed by atoms with Gasteiger partial charge in [-0.1, -0.05) is 22.9 Å². The second-order valence-corrected chi connectivity index (χ2v) is 7.94. The van der Waals surface area contributed by atoms with E-state index in [1.165, 1.54) is 29.8 Å². The first-order valence-corrected chi connectivity index (χ1v) is 9.61. The first-order chi connectivity index (χ1) is 12.5. The number of halogens is 1. The van der Waals surface area contributed by atoms with Crippen molar-refractivity contribution in [2.24, 2.45) is 4.99 Å². The van der Waals surface area contributed by atoms with Crippen LogP contribution in [0.15, 0.2) is 35.3 Å². The fraction of sp³-hybridized carbons (Fsp3) is 0.235. The highest BCUT2D eigenvalue weighted by Crippen LogP contribution is 2.24. The number of fused-ring (bicyclic) bond motifs is 1. The molecule has 2 heterocycles. The largest absolute Gasteiger partial charge is 0.497 e. The lowest BCUT2D eigenvalue weighted by Gasteiger charge is -2.05. The van der Waals surface area contributed by atoms with Gasteiger partial charge in [0.1, 0.15) is 5.75 Å². The molecule has 2 aromatic heterocycles. The van der Waals surface area contributed by atoms with Gasteiger partial charge in [0.05, 0.1) is 40.1 Å². The summed E-state index contributed by atoms with van der Waals surface area (Å²) in [4.78, 5) is 29.2. The van der Waals surface area contributed by atoms with Crippen molar-refractivity contribution in [2.75, 3.05) is 14.2 Å². The minimum absolute atomic E-state index is 0.181. The number of benzene rings is 1. The normalized spacial score (nSPS) is 11.7. The van der Waals surface area contributed by atoms with Crippen LogP contribution in [-0.4, -0.2) is 30.7 Å². The van der Waals surface area contributed by atoms with Crippen LogP contribution in [0.5, 0.6) is 5.75 Å². The molecule has 0 saturated heterocycles. The van der Waals surface area contributed by atoms with E-state index in [2.05, 4.69) is 4.99 Å². The molecular formula is C17H15ClN2O4S2. The lowest BCUT2D eigenvalue weighted by molar-refractivity contribution is -0.140. The van der Waals surface area contributed by atoms with Gasteiger partial charge >= 0.3 is 5.97 Å². The minimum Gasteiger partial charge on any atom is -0.497 e. The summed E-state index contributed by atoms with van der Waals surface area (Å²) >= 11 is 8.43. The number of rotatable bonds is 5. The molecule has 9 heteroatoms. The number of methoxy groups -OCH3 is 2. The number of nitrogens with zero attached hydrogens (tertiary/aromatic N) is 2. The summed E-state index contributed by atoms with van der Waals surface area (Å²) in [5.74, 6) is 0.0155.